The van der Waals surface area contributed by atoms with Crippen LogP contribution in [0.15, 0.2) is 24.4 Å². The maximum absolute atomic E-state index is 4.52. The largest absolute Gasteiger partial charge is 0.306 e. The van der Waals surface area contributed by atoms with Crippen molar-refractivity contribution < 1.29 is 0 Å². The van der Waals surface area contributed by atoms with Gasteiger partial charge in [0, 0.05) is 5.39 Å². The second kappa shape index (κ2) is 3.91. The smallest absolute Gasteiger partial charge is 0.0686 e. The van der Waals surface area contributed by atoms with Gasteiger partial charge in [-0.05, 0) is 51.2 Å². The first-order valence-electron chi connectivity index (χ1n) is 5.86. The molecule has 0 N–H and O–H groups in total. The van der Waals surface area contributed by atoms with Crippen molar-refractivity contribution in [2.45, 2.75) is 18.9 Å². The van der Waals surface area contributed by atoms with Gasteiger partial charge in [0.05, 0.1) is 17.8 Å². The maximum atomic E-state index is 4.52. The van der Waals surface area contributed by atoms with Gasteiger partial charge in [0.2, 0.25) is 0 Å². The van der Waals surface area contributed by atoms with Gasteiger partial charge >= 0.3 is 0 Å². The van der Waals surface area contributed by atoms with E-state index < -0.39 is 0 Å². The van der Waals surface area contributed by atoms with E-state index in [0.29, 0.717) is 6.04 Å². The van der Waals surface area contributed by atoms with E-state index in [-0.39, 0.29) is 0 Å². The number of benzene rings is 1. The highest BCUT2D eigenvalue weighted by atomic mass is 15.3. The molecule has 3 rings (SSSR count). The highest BCUT2D eigenvalue weighted by Crippen LogP contribution is 2.25. The summed E-state index contributed by atoms with van der Waals surface area (Å²) in [6.07, 6.45) is 4.35. The van der Waals surface area contributed by atoms with E-state index in [1.54, 1.807) is 0 Å². The van der Waals surface area contributed by atoms with Crippen LogP contribution in [0.3, 0.4) is 0 Å². The summed E-state index contributed by atoms with van der Waals surface area (Å²) in [6.45, 7) is 2.34. The van der Waals surface area contributed by atoms with Crippen LogP contribution >= 0.6 is 0 Å². The van der Waals surface area contributed by atoms with Crippen molar-refractivity contribution in [3.8, 4) is 0 Å². The van der Waals surface area contributed by atoms with E-state index in [1.165, 1.54) is 36.8 Å². The predicted octanol–water partition coefficient (Wildman–Crippen LogP) is 2.10. The summed E-state index contributed by atoms with van der Waals surface area (Å²) in [7, 11) is 2.19. The SMILES string of the molecule is CN1CCC(n2ncc3c[c]ccc32)CC1. The van der Waals surface area contributed by atoms with Gasteiger partial charge in [0.1, 0.15) is 0 Å². The van der Waals surface area contributed by atoms with E-state index in [2.05, 4.69) is 33.9 Å². The molecule has 0 atom stereocenters. The number of rotatable bonds is 1. The van der Waals surface area contributed by atoms with Gasteiger partial charge in [0.25, 0.3) is 0 Å². The molecule has 1 aromatic carbocycles. The van der Waals surface area contributed by atoms with Crippen LogP contribution in [0, 0.1) is 6.07 Å². The lowest BCUT2D eigenvalue weighted by molar-refractivity contribution is 0.215. The van der Waals surface area contributed by atoms with Gasteiger partial charge in [-0.2, -0.15) is 5.10 Å². The number of hydrogen-bond donors (Lipinski definition) is 0. The fourth-order valence-corrected chi connectivity index (χ4v) is 2.46. The first-order valence-corrected chi connectivity index (χ1v) is 5.86. The first kappa shape index (κ1) is 9.85. The molecule has 3 heteroatoms. The van der Waals surface area contributed by atoms with Crippen LogP contribution in [-0.4, -0.2) is 34.8 Å². The molecule has 83 valence electrons. The van der Waals surface area contributed by atoms with Crippen molar-refractivity contribution in [2.24, 2.45) is 0 Å². The fourth-order valence-electron chi connectivity index (χ4n) is 2.46. The topological polar surface area (TPSA) is 21.1 Å². The van der Waals surface area contributed by atoms with Crippen molar-refractivity contribution in [3.63, 3.8) is 0 Å². The van der Waals surface area contributed by atoms with Crippen LogP contribution in [0.5, 0.6) is 0 Å². The van der Waals surface area contributed by atoms with Crippen LogP contribution in [0.2, 0.25) is 0 Å². The van der Waals surface area contributed by atoms with Gasteiger partial charge in [-0.3, -0.25) is 4.68 Å². The second-order valence-corrected chi connectivity index (χ2v) is 4.61. The molecule has 0 bridgehead atoms. The Labute approximate surface area is 95.7 Å². The summed E-state index contributed by atoms with van der Waals surface area (Å²) in [5.74, 6) is 0. The average molecular weight is 214 g/mol. The van der Waals surface area contributed by atoms with E-state index in [9.17, 15) is 0 Å². The maximum Gasteiger partial charge on any atom is 0.0686 e. The minimum absolute atomic E-state index is 0.566. The van der Waals surface area contributed by atoms with Crippen LogP contribution in [-0.2, 0) is 0 Å². The molecule has 2 aromatic rings. The Morgan fingerprint density at radius 2 is 2.19 bits per heavy atom. The van der Waals surface area contributed by atoms with Gasteiger partial charge in [0.15, 0.2) is 0 Å². The predicted molar refractivity (Wildman–Crippen MR) is 64.3 cm³/mol. The van der Waals surface area contributed by atoms with Crippen LogP contribution in [0.4, 0.5) is 0 Å². The third-order valence-electron chi connectivity index (χ3n) is 3.47. The molecule has 0 spiro atoms. The lowest BCUT2D eigenvalue weighted by atomic mass is 10.1. The molecule has 0 aliphatic carbocycles. The standard InChI is InChI=1S/C13H16N3/c1-15-8-6-12(7-9-15)16-13-5-3-2-4-11(13)10-14-16/h3-5,10,12H,6-9H2,1H3. The van der Waals surface area contributed by atoms with Gasteiger partial charge < -0.3 is 4.90 Å². The van der Waals surface area contributed by atoms with E-state index in [4.69, 9.17) is 0 Å². The molecule has 1 aliphatic heterocycles. The Hall–Kier alpha value is -1.35. The lowest BCUT2D eigenvalue weighted by Crippen LogP contribution is -2.31. The van der Waals surface area contributed by atoms with Gasteiger partial charge in [-0.1, -0.05) is 6.07 Å². The molecule has 3 nitrogen and oxygen atoms in total. The lowest BCUT2D eigenvalue weighted by Gasteiger charge is -2.29. The summed E-state index contributed by atoms with van der Waals surface area (Å²) in [4.78, 5) is 2.38. The quantitative estimate of drug-likeness (QED) is 0.725. The molecule has 1 fully saturated rings. The third-order valence-corrected chi connectivity index (χ3v) is 3.47. The minimum atomic E-state index is 0.566. The van der Waals surface area contributed by atoms with Gasteiger partial charge in [-0.25, -0.2) is 0 Å². The number of piperidine rings is 1. The van der Waals surface area contributed by atoms with Crippen molar-refractivity contribution >= 4 is 10.9 Å². The molecule has 2 heterocycles. The Bertz CT molecular complexity index is 481. The Morgan fingerprint density at radius 3 is 3.00 bits per heavy atom. The van der Waals surface area contributed by atoms with Crippen LogP contribution in [0.1, 0.15) is 18.9 Å². The van der Waals surface area contributed by atoms with E-state index in [1.807, 2.05) is 18.3 Å². The average Bonchev–Trinajstić information content (AvgIpc) is 2.74. The summed E-state index contributed by atoms with van der Waals surface area (Å²) in [6, 6.07) is 9.75. The molecular weight excluding hydrogens is 198 g/mol. The van der Waals surface area contributed by atoms with Gasteiger partial charge in [-0.15, -0.1) is 0 Å². The summed E-state index contributed by atoms with van der Waals surface area (Å²) >= 11 is 0. The number of likely N-dealkylation sites (tertiary alicyclic amines) is 1. The van der Waals surface area contributed by atoms with Crippen molar-refractivity contribution in [1.82, 2.24) is 14.7 Å². The second-order valence-electron chi connectivity index (χ2n) is 4.61. The molecular formula is C13H16N3. The molecule has 0 unspecified atom stereocenters. The Balaban J connectivity index is 1.94. The fraction of sp³-hybridized carbons (Fsp3) is 0.462. The summed E-state index contributed by atoms with van der Waals surface area (Å²) in [5.41, 5.74) is 1.24. The van der Waals surface area contributed by atoms with E-state index >= 15 is 0 Å². The normalized spacial score (nSPS) is 19.3. The number of nitrogens with zero attached hydrogens (tertiary/aromatic N) is 3. The van der Waals surface area contributed by atoms with Crippen LogP contribution in [0.25, 0.3) is 10.9 Å². The number of fused-ring (bicyclic) bond motifs is 1. The first-order chi connectivity index (χ1) is 7.84. The Kier molecular flexibility index (Phi) is 2.40. The summed E-state index contributed by atoms with van der Waals surface area (Å²) < 4.78 is 2.19. The van der Waals surface area contributed by atoms with Crippen molar-refractivity contribution in [2.75, 3.05) is 20.1 Å². The molecule has 1 saturated heterocycles. The van der Waals surface area contributed by atoms with Crippen molar-refractivity contribution in [3.05, 3.63) is 30.5 Å². The molecule has 0 saturated carbocycles. The molecule has 16 heavy (non-hydrogen) atoms. The third kappa shape index (κ3) is 1.61. The molecule has 0 amide bonds. The number of aromatic nitrogens is 2. The Morgan fingerprint density at radius 1 is 1.38 bits per heavy atom. The number of hydrogen-bond acceptors (Lipinski definition) is 2. The highest BCUT2D eigenvalue weighted by Gasteiger charge is 2.19. The zero-order valence-electron chi connectivity index (χ0n) is 9.56. The zero-order valence-corrected chi connectivity index (χ0v) is 9.56. The highest BCUT2D eigenvalue weighted by molar-refractivity contribution is 5.78. The molecule has 1 aromatic heterocycles. The minimum Gasteiger partial charge on any atom is -0.306 e. The van der Waals surface area contributed by atoms with E-state index in [0.717, 1.165) is 0 Å². The molecule has 1 aliphatic rings. The molecule has 1 radical (unpaired) electrons. The van der Waals surface area contributed by atoms with Crippen LogP contribution < -0.4 is 0 Å². The zero-order chi connectivity index (χ0) is 11.0. The van der Waals surface area contributed by atoms with Crippen molar-refractivity contribution in [1.29, 1.82) is 0 Å². The monoisotopic (exact) mass is 214 g/mol. The summed E-state index contributed by atoms with van der Waals surface area (Å²) in [5, 5.41) is 5.72.